The van der Waals surface area contributed by atoms with Gasteiger partial charge in [-0.3, -0.25) is 0 Å². The molecule has 1 aliphatic carbocycles. The first-order valence-corrected chi connectivity index (χ1v) is 8.71. The van der Waals surface area contributed by atoms with E-state index in [2.05, 4.69) is 14.7 Å². The van der Waals surface area contributed by atoms with Crippen LogP contribution in [0.25, 0.3) is 0 Å². The van der Waals surface area contributed by atoms with Crippen molar-refractivity contribution in [2.24, 2.45) is 0 Å². The van der Waals surface area contributed by atoms with Crippen LogP contribution in [0.4, 0.5) is 0 Å². The summed E-state index contributed by atoms with van der Waals surface area (Å²) in [5.74, 6) is 0.535. The molecule has 2 heterocycles. The lowest BCUT2D eigenvalue weighted by Crippen LogP contribution is -2.23. The normalized spacial score (nSPS) is 15.4. The van der Waals surface area contributed by atoms with Gasteiger partial charge in [0.2, 0.25) is 10.0 Å². The molecule has 106 valence electrons. The molecule has 0 aliphatic heterocycles. The topological polar surface area (TPSA) is 72.0 Å². The summed E-state index contributed by atoms with van der Waals surface area (Å²) in [6.07, 6.45) is 3.83. The number of aromatic nitrogens is 2. The third-order valence-corrected chi connectivity index (χ3v) is 6.06. The molecule has 2 aromatic heterocycles. The van der Waals surface area contributed by atoms with Gasteiger partial charge in [-0.15, -0.1) is 11.3 Å². The number of hydrogen-bond donors (Lipinski definition) is 1. The van der Waals surface area contributed by atoms with Crippen molar-refractivity contribution in [3.8, 4) is 0 Å². The number of nitrogens with zero attached hydrogens (tertiary/aromatic N) is 2. The Kier molecular flexibility index (Phi) is 3.57. The van der Waals surface area contributed by atoms with Crippen molar-refractivity contribution < 1.29 is 8.42 Å². The molecule has 1 N–H and O–H groups in total. The van der Waals surface area contributed by atoms with E-state index in [-0.39, 0.29) is 6.54 Å². The fourth-order valence-corrected chi connectivity index (χ4v) is 4.24. The third-order valence-electron chi connectivity index (χ3n) is 3.16. The first-order valence-electron chi connectivity index (χ1n) is 6.41. The Morgan fingerprint density at radius 3 is 2.80 bits per heavy atom. The predicted octanol–water partition coefficient (Wildman–Crippen LogP) is 2.20. The fourth-order valence-electron chi connectivity index (χ4n) is 1.91. The van der Waals surface area contributed by atoms with Gasteiger partial charge >= 0.3 is 0 Å². The molecule has 0 saturated heterocycles. The first-order chi connectivity index (χ1) is 9.54. The van der Waals surface area contributed by atoms with Crippen molar-refractivity contribution in [1.29, 1.82) is 0 Å². The molecule has 0 atom stereocenters. The summed E-state index contributed by atoms with van der Waals surface area (Å²) in [5.41, 5.74) is 1.72. The van der Waals surface area contributed by atoms with Crippen LogP contribution in [0.15, 0.2) is 28.7 Å². The largest absolute Gasteiger partial charge is 0.250 e. The SMILES string of the molecule is Cc1ccc(S(=O)(=O)NCc2cc(C3CC3)ncn2)s1. The number of thiophene rings is 1. The maximum Gasteiger partial charge on any atom is 0.250 e. The third kappa shape index (κ3) is 3.05. The van der Waals surface area contributed by atoms with Gasteiger partial charge in [0, 0.05) is 16.5 Å². The molecule has 7 heteroatoms. The number of rotatable bonds is 5. The molecule has 0 bridgehead atoms. The van der Waals surface area contributed by atoms with E-state index in [1.807, 2.05) is 13.0 Å². The number of sulfonamides is 1. The Morgan fingerprint density at radius 1 is 1.35 bits per heavy atom. The highest BCUT2D eigenvalue weighted by Gasteiger charge is 2.25. The molecule has 0 spiro atoms. The fraction of sp³-hybridized carbons (Fsp3) is 0.385. The molecule has 5 nitrogen and oxygen atoms in total. The molecule has 3 rings (SSSR count). The minimum absolute atomic E-state index is 0.196. The summed E-state index contributed by atoms with van der Waals surface area (Å²) in [6.45, 7) is 2.08. The van der Waals surface area contributed by atoms with Gasteiger partial charge in [0.05, 0.1) is 12.2 Å². The van der Waals surface area contributed by atoms with Crippen LogP contribution >= 0.6 is 11.3 Å². The summed E-state index contributed by atoms with van der Waals surface area (Å²) in [7, 11) is -3.45. The van der Waals surface area contributed by atoms with Gasteiger partial charge < -0.3 is 0 Å². The quantitative estimate of drug-likeness (QED) is 0.919. The van der Waals surface area contributed by atoms with Crippen LogP contribution in [0.5, 0.6) is 0 Å². The standard InChI is InChI=1S/C13H15N3O2S2/c1-9-2-5-13(19-9)20(17,18)16-7-11-6-12(10-3-4-10)15-8-14-11/h2,5-6,8,10,16H,3-4,7H2,1H3. The Bertz CT molecular complexity index is 721. The van der Waals surface area contributed by atoms with Crippen LogP contribution in [-0.4, -0.2) is 18.4 Å². The Labute approximate surface area is 122 Å². The lowest BCUT2D eigenvalue weighted by atomic mass is 10.2. The van der Waals surface area contributed by atoms with Crippen molar-refractivity contribution in [3.63, 3.8) is 0 Å². The molecule has 2 aromatic rings. The minimum atomic E-state index is -3.45. The average Bonchev–Trinajstić information content (AvgIpc) is 3.19. The summed E-state index contributed by atoms with van der Waals surface area (Å²) < 4.78 is 27.1. The summed E-state index contributed by atoms with van der Waals surface area (Å²) in [6, 6.07) is 5.31. The van der Waals surface area contributed by atoms with Crippen molar-refractivity contribution >= 4 is 21.4 Å². The minimum Gasteiger partial charge on any atom is -0.241 e. The van der Waals surface area contributed by atoms with E-state index in [1.165, 1.54) is 17.7 Å². The van der Waals surface area contributed by atoms with Crippen LogP contribution in [0.2, 0.25) is 0 Å². The highest BCUT2D eigenvalue weighted by Crippen LogP contribution is 2.38. The summed E-state index contributed by atoms with van der Waals surface area (Å²) in [4.78, 5) is 9.31. The summed E-state index contributed by atoms with van der Waals surface area (Å²) >= 11 is 1.26. The zero-order valence-corrected chi connectivity index (χ0v) is 12.7. The molecular weight excluding hydrogens is 294 g/mol. The lowest BCUT2D eigenvalue weighted by Gasteiger charge is -2.05. The predicted molar refractivity (Wildman–Crippen MR) is 77.1 cm³/mol. The second kappa shape index (κ2) is 5.23. The van der Waals surface area contributed by atoms with E-state index >= 15 is 0 Å². The first kappa shape index (κ1) is 13.7. The Morgan fingerprint density at radius 2 is 2.15 bits per heavy atom. The van der Waals surface area contributed by atoms with Crippen LogP contribution in [0, 0.1) is 6.92 Å². The van der Waals surface area contributed by atoms with Crippen LogP contribution in [0.1, 0.15) is 35.0 Å². The summed E-state index contributed by atoms with van der Waals surface area (Å²) in [5, 5.41) is 0. The highest BCUT2D eigenvalue weighted by atomic mass is 32.2. The van der Waals surface area contributed by atoms with Gasteiger partial charge in [-0.2, -0.15) is 0 Å². The van der Waals surface area contributed by atoms with Gasteiger partial charge in [-0.05, 0) is 38.0 Å². The van der Waals surface area contributed by atoms with Crippen molar-refractivity contribution in [2.45, 2.75) is 36.4 Å². The van der Waals surface area contributed by atoms with Gasteiger partial charge in [0.25, 0.3) is 0 Å². The maximum absolute atomic E-state index is 12.1. The van der Waals surface area contributed by atoms with Crippen LogP contribution in [0.3, 0.4) is 0 Å². The maximum atomic E-state index is 12.1. The molecule has 0 unspecified atom stereocenters. The molecule has 0 radical (unpaired) electrons. The smallest absolute Gasteiger partial charge is 0.241 e. The van der Waals surface area contributed by atoms with E-state index in [9.17, 15) is 8.42 Å². The van der Waals surface area contributed by atoms with Gasteiger partial charge in [0.15, 0.2) is 0 Å². The number of nitrogens with one attached hydrogen (secondary N) is 1. The van der Waals surface area contributed by atoms with Crippen molar-refractivity contribution in [1.82, 2.24) is 14.7 Å². The highest BCUT2D eigenvalue weighted by molar-refractivity contribution is 7.91. The van der Waals surface area contributed by atoms with E-state index in [0.717, 1.165) is 23.4 Å². The molecule has 20 heavy (non-hydrogen) atoms. The van der Waals surface area contributed by atoms with Crippen LogP contribution < -0.4 is 4.72 Å². The van der Waals surface area contributed by atoms with Crippen molar-refractivity contribution in [2.75, 3.05) is 0 Å². The van der Waals surface area contributed by atoms with E-state index in [0.29, 0.717) is 15.8 Å². The molecule has 1 saturated carbocycles. The molecule has 1 aliphatic rings. The Hall–Kier alpha value is -1.31. The lowest BCUT2D eigenvalue weighted by molar-refractivity contribution is 0.582. The van der Waals surface area contributed by atoms with E-state index in [4.69, 9.17) is 0 Å². The van der Waals surface area contributed by atoms with E-state index < -0.39 is 10.0 Å². The van der Waals surface area contributed by atoms with Gasteiger partial charge in [0.1, 0.15) is 10.5 Å². The second-order valence-corrected chi connectivity index (χ2v) is 8.18. The average molecular weight is 309 g/mol. The monoisotopic (exact) mass is 309 g/mol. The van der Waals surface area contributed by atoms with Crippen molar-refractivity contribution in [3.05, 3.63) is 40.8 Å². The zero-order valence-electron chi connectivity index (χ0n) is 11.0. The number of aryl methyl sites for hydroxylation is 1. The molecule has 0 amide bonds. The van der Waals surface area contributed by atoms with Gasteiger partial charge in [-0.25, -0.2) is 23.1 Å². The Balaban J connectivity index is 1.71. The molecular formula is C13H15N3O2S2. The zero-order chi connectivity index (χ0) is 14.2. The van der Waals surface area contributed by atoms with Crippen LogP contribution in [-0.2, 0) is 16.6 Å². The molecule has 0 aromatic carbocycles. The number of hydrogen-bond acceptors (Lipinski definition) is 5. The molecule has 1 fully saturated rings. The second-order valence-electron chi connectivity index (χ2n) is 4.90. The van der Waals surface area contributed by atoms with E-state index in [1.54, 1.807) is 12.1 Å². The van der Waals surface area contributed by atoms with Gasteiger partial charge in [-0.1, -0.05) is 0 Å².